The summed E-state index contributed by atoms with van der Waals surface area (Å²) in [5.74, 6) is 0. The molecule has 0 aliphatic rings. The number of methoxy groups -OCH3 is 1. The first-order valence-electron chi connectivity index (χ1n) is 5.33. The zero-order valence-corrected chi connectivity index (χ0v) is 9.64. The molecule has 0 spiro atoms. The molecule has 0 saturated heterocycles. The summed E-state index contributed by atoms with van der Waals surface area (Å²) in [5.41, 5.74) is 0. The van der Waals surface area contributed by atoms with E-state index in [1.165, 1.54) is 0 Å². The van der Waals surface area contributed by atoms with Gasteiger partial charge in [-0.15, -0.1) is 0 Å². The van der Waals surface area contributed by atoms with Crippen molar-refractivity contribution in [3.05, 3.63) is 0 Å². The van der Waals surface area contributed by atoms with Crippen LogP contribution in [0.15, 0.2) is 0 Å². The second kappa shape index (κ2) is 10.9. The molecular weight excluding hydrogens is 180 g/mol. The van der Waals surface area contributed by atoms with Crippen LogP contribution in [-0.2, 0) is 9.47 Å². The van der Waals surface area contributed by atoms with Gasteiger partial charge in [0, 0.05) is 39.9 Å². The van der Waals surface area contributed by atoms with Crippen molar-refractivity contribution in [2.75, 3.05) is 46.5 Å². The quantitative estimate of drug-likeness (QED) is 0.500. The zero-order valence-electron chi connectivity index (χ0n) is 9.64. The lowest BCUT2D eigenvalue weighted by Gasteiger charge is -2.10. The van der Waals surface area contributed by atoms with E-state index >= 15 is 0 Å². The average Bonchev–Trinajstić information content (AvgIpc) is 2.21. The van der Waals surface area contributed by atoms with Gasteiger partial charge in [-0.3, -0.25) is 0 Å². The van der Waals surface area contributed by atoms with Crippen LogP contribution < -0.4 is 10.6 Å². The lowest BCUT2D eigenvalue weighted by Crippen LogP contribution is -2.33. The van der Waals surface area contributed by atoms with Crippen LogP contribution in [0.5, 0.6) is 0 Å². The van der Waals surface area contributed by atoms with Crippen LogP contribution in [0.2, 0.25) is 0 Å². The summed E-state index contributed by atoms with van der Waals surface area (Å²) >= 11 is 0. The average molecular weight is 204 g/mol. The molecule has 0 saturated carbocycles. The molecule has 0 rings (SSSR count). The van der Waals surface area contributed by atoms with Crippen molar-refractivity contribution in [1.82, 2.24) is 10.6 Å². The predicted octanol–water partition coefficient (Wildman–Crippen LogP) is 0.237. The summed E-state index contributed by atoms with van der Waals surface area (Å²) in [4.78, 5) is 0. The number of hydrogen-bond donors (Lipinski definition) is 2. The number of hydrogen-bond acceptors (Lipinski definition) is 4. The molecule has 0 aromatic rings. The van der Waals surface area contributed by atoms with Crippen molar-refractivity contribution in [3.8, 4) is 0 Å². The van der Waals surface area contributed by atoms with Gasteiger partial charge in [0.1, 0.15) is 0 Å². The Kier molecular flexibility index (Phi) is 10.8. The summed E-state index contributed by atoms with van der Waals surface area (Å²) in [5, 5.41) is 6.58. The largest absolute Gasteiger partial charge is 0.380 e. The van der Waals surface area contributed by atoms with Gasteiger partial charge in [-0.25, -0.2) is 0 Å². The second-order valence-electron chi connectivity index (χ2n) is 3.20. The smallest absolute Gasteiger partial charge is 0.0667 e. The SMILES string of the molecule is CCOCCNCCNCC(C)OC. The highest BCUT2D eigenvalue weighted by Crippen LogP contribution is 1.82. The number of ether oxygens (including phenoxy) is 2. The molecule has 86 valence electrons. The third-order valence-electron chi connectivity index (χ3n) is 1.94. The van der Waals surface area contributed by atoms with Crippen molar-refractivity contribution in [1.29, 1.82) is 0 Å². The molecule has 4 nitrogen and oxygen atoms in total. The van der Waals surface area contributed by atoms with E-state index in [-0.39, 0.29) is 0 Å². The monoisotopic (exact) mass is 204 g/mol. The van der Waals surface area contributed by atoms with Gasteiger partial charge in [0.05, 0.1) is 12.7 Å². The first kappa shape index (κ1) is 13.8. The third-order valence-corrected chi connectivity index (χ3v) is 1.94. The predicted molar refractivity (Wildman–Crippen MR) is 58.7 cm³/mol. The van der Waals surface area contributed by atoms with Crippen molar-refractivity contribution in [2.24, 2.45) is 0 Å². The Balaban J connectivity index is 2.92. The van der Waals surface area contributed by atoms with E-state index in [9.17, 15) is 0 Å². The molecule has 0 aromatic heterocycles. The molecule has 1 unspecified atom stereocenters. The summed E-state index contributed by atoms with van der Waals surface area (Å²) in [6.07, 6.45) is 0.290. The minimum Gasteiger partial charge on any atom is -0.380 e. The van der Waals surface area contributed by atoms with Crippen LogP contribution >= 0.6 is 0 Å². The van der Waals surface area contributed by atoms with Crippen LogP contribution in [0.3, 0.4) is 0 Å². The molecule has 1 atom stereocenters. The molecule has 0 bridgehead atoms. The molecule has 0 heterocycles. The summed E-state index contributed by atoms with van der Waals surface area (Å²) < 4.78 is 10.3. The van der Waals surface area contributed by atoms with Gasteiger partial charge in [0.2, 0.25) is 0 Å². The zero-order chi connectivity index (χ0) is 10.6. The van der Waals surface area contributed by atoms with Gasteiger partial charge < -0.3 is 20.1 Å². The molecule has 0 aliphatic carbocycles. The molecule has 0 radical (unpaired) electrons. The Bertz CT molecular complexity index is 112. The van der Waals surface area contributed by atoms with Gasteiger partial charge >= 0.3 is 0 Å². The fourth-order valence-electron chi connectivity index (χ4n) is 0.979. The van der Waals surface area contributed by atoms with Crippen molar-refractivity contribution >= 4 is 0 Å². The van der Waals surface area contributed by atoms with E-state index in [1.54, 1.807) is 7.11 Å². The molecule has 0 aliphatic heterocycles. The van der Waals surface area contributed by atoms with Gasteiger partial charge in [0.25, 0.3) is 0 Å². The Morgan fingerprint density at radius 1 is 1.14 bits per heavy atom. The van der Waals surface area contributed by atoms with Crippen molar-refractivity contribution < 1.29 is 9.47 Å². The maximum absolute atomic E-state index is 5.19. The third kappa shape index (κ3) is 9.92. The van der Waals surface area contributed by atoms with E-state index in [1.807, 2.05) is 6.92 Å². The van der Waals surface area contributed by atoms with E-state index in [0.29, 0.717) is 6.10 Å². The van der Waals surface area contributed by atoms with Gasteiger partial charge in [-0.05, 0) is 13.8 Å². The Hall–Kier alpha value is -0.160. The maximum Gasteiger partial charge on any atom is 0.0667 e. The lowest BCUT2D eigenvalue weighted by molar-refractivity contribution is 0.117. The first-order chi connectivity index (χ1) is 6.81. The molecule has 0 aromatic carbocycles. The minimum atomic E-state index is 0.290. The molecule has 2 N–H and O–H groups in total. The Labute approximate surface area is 87.4 Å². The van der Waals surface area contributed by atoms with Gasteiger partial charge in [-0.2, -0.15) is 0 Å². The van der Waals surface area contributed by atoms with Crippen LogP contribution in [0.25, 0.3) is 0 Å². The Morgan fingerprint density at radius 3 is 2.50 bits per heavy atom. The molecular formula is C10H24N2O2. The molecule has 0 fully saturated rings. The normalized spacial score (nSPS) is 13.1. The highest BCUT2D eigenvalue weighted by molar-refractivity contribution is 4.56. The highest BCUT2D eigenvalue weighted by Gasteiger charge is 1.96. The van der Waals surface area contributed by atoms with Gasteiger partial charge in [-0.1, -0.05) is 0 Å². The number of nitrogens with one attached hydrogen (secondary N) is 2. The van der Waals surface area contributed by atoms with E-state index in [0.717, 1.165) is 39.4 Å². The standard InChI is InChI=1S/C10H24N2O2/c1-4-14-8-7-11-5-6-12-9-10(2)13-3/h10-12H,4-9H2,1-3H3. The van der Waals surface area contributed by atoms with Crippen LogP contribution in [-0.4, -0.2) is 52.6 Å². The van der Waals surface area contributed by atoms with E-state index in [4.69, 9.17) is 9.47 Å². The minimum absolute atomic E-state index is 0.290. The second-order valence-corrected chi connectivity index (χ2v) is 3.20. The highest BCUT2D eigenvalue weighted by atomic mass is 16.5. The van der Waals surface area contributed by atoms with E-state index in [2.05, 4.69) is 17.6 Å². The van der Waals surface area contributed by atoms with Crippen LogP contribution in [0, 0.1) is 0 Å². The fourth-order valence-corrected chi connectivity index (χ4v) is 0.979. The maximum atomic E-state index is 5.19. The topological polar surface area (TPSA) is 42.5 Å². The molecule has 0 amide bonds. The number of rotatable bonds is 10. The molecule has 4 heteroatoms. The van der Waals surface area contributed by atoms with Crippen LogP contribution in [0.4, 0.5) is 0 Å². The summed E-state index contributed by atoms with van der Waals surface area (Å²) in [6.45, 7) is 9.43. The van der Waals surface area contributed by atoms with Gasteiger partial charge in [0.15, 0.2) is 0 Å². The lowest BCUT2D eigenvalue weighted by atomic mass is 10.4. The fraction of sp³-hybridized carbons (Fsp3) is 1.00. The Morgan fingerprint density at radius 2 is 1.86 bits per heavy atom. The van der Waals surface area contributed by atoms with Crippen LogP contribution in [0.1, 0.15) is 13.8 Å². The first-order valence-corrected chi connectivity index (χ1v) is 5.33. The molecule has 14 heavy (non-hydrogen) atoms. The summed E-state index contributed by atoms with van der Waals surface area (Å²) in [7, 11) is 1.73. The summed E-state index contributed by atoms with van der Waals surface area (Å²) in [6, 6.07) is 0. The van der Waals surface area contributed by atoms with Crippen molar-refractivity contribution in [3.63, 3.8) is 0 Å². The van der Waals surface area contributed by atoms with E-state index < -0.39 is 0 Å². The van der Waals surface area contributed by atoms with Crippen molar-refractivity contribution in [2.45, 2.75) is 20.0 Å².